The fraction of sp³-hybridized carbons (Fsp3) is 0.400. The number of aromatic nitrogens is 3. The molecule has 0 spiro atoms. The lowest BCUT2D eigenvalue weighted by molar-refractivity contribution is -0.142. The molecule has 0 radical (unpaired) electrons. The molecule has 0 aromatic carbocycles. The van der Waals surface area contributed by atoms with Gasteiger partial charge in [-0.05, 0) is 63.8 Å². The molecule has 1 aliphatic rings. The molecular weight excluding hydrogens is 469 g/mol. The van der Waals surface area contributed by atoms with E-state index in [0.29, 0.717) is 11.5 Å². The van der Waals surface area contributed by atoms with Crippen LogP contribution in [0.4, 0.5) is 19.0 Å². The van der Waals surface area contributed by atoms with Crippen LogP contribution in [0.25, 0.3) is 0 Å². The molecular formula is C15H13Br2F3N4O. The van der Waals surface area contributed by atoms with Crippen molar-refractivity contribution in [2.24, 2.45) is 0 Å². The van der Waals surface area contributed by atoms with E-state index >= 15 is 0 Å². The highest BCUT2D eigenvalue weighted by atomic mass is 79.9. The number of amides is 1. The Balaban J connectivity index is 1.89. The van der Waals surface area contributed by atoms with E-state index in [2.05, 4.69) is 47.3 Å². The molecule has 1 saturated carbocycles. The first-order valence-corrected chi connectivity index (χ1v) is 9.04. The van der Waals surface area contributed by atoms with Crippen LogP contribution in [-0.4, -0.2) is 20.7 Å². The van der Waals surface area contributed by atoms with Gasteiger partial charge in [-0.15, -0.1) is 0 Å². The molecule has 2 aromatic heterocycles. The Morgan fingerprint density at radius 2 is 2.04 bits per heavy atom. The molecule has 134 valence electrons. The fourth-order valence-corrected chi connectivity index (χ4v) is 3.46. The number of pyridine rings is 1. The molecule has 2 heterocycles. The molecule has 3 rings (SSSR count). The van der Waals surface area contributed by atoms with Crippen molar-refractivity contribution in [1.29, 1.82) is 0 Å². The summed E-state index contributed by atoms with van der Waals surface area (Å²) in [7, 11) is 0. The van der Waals surface area contributed by atoms with Crippen molar-refractivity contribution in [2.75, 3.05) is 5.32 Å². The first kappa shape index (κ1) is 18.4. The summed E-state index contributed by atoms with van der Waals surface area (Å²) in [6, 6.07) is 2.39. The third kappa shape index (κ3) is 3.89. The average Bonchev–Trinajstić information content (AvgIpc) is 3.30. The van der Waals surface area contributed by atoms with E-state index < -0.39 is 23.8 Å². The maximum atomic E-state index is 13.2. The lowest BCUT2D eigenvalue weighted by atomic mass is 10.2. The fourth-order valence-electron chi connectivity index (χ4n) is 2.42. The highest BCUT2D eigenvalue weighted by Gasteiger charge is 2.43. The average molecular weight is 482 g/mol. The van der Waals surface area contributed by atoms with Crippen LogP contribution in [0.1, 0.15) is 43.1 Å². The number of carbonyl (C=O) groups excluding carboxylic acids is 1. The van der Waals surface area contributed by atoms with Gasteiger partial charge in [0.2, 0.25) is 5.91 Å². The first-order chi connectivity index (χ1) is 11.7. The summed E-state index contributed by atoms with van der Waals surface area (Å²) in [5.74, 6) is -0.185. The van der Waals surface area contributed by atoms with E-state index in [1.165, 1.54) is 17.8 Å². The Kier molecular flexibility index (Phi) is 4.93. The Hall–Kier alpha value is -1.42. The predicted molar refractivity (Wildman–Crippen MR) is 92.2 cm³/mol. The maximum absolute atomic E-state index is 13.2. The molecule has 1 aliphatic carbocycles. The summed E-state index contributed by atoms with van der Waals surface area (Å²) >= 11 is 6.26. The van der Waals surface area contributed by atoms with Crippen LogP contribution < -0.4 is 5.32 Å². The lowest BCUT2D eigenvalue weighted by Crippen LogP contribution is -2.26. The molecule has 0 saturated heterocycles. The summed E-state index contributed by atoms with van der Waals surface area (Å²) in [4.78, 5) is 16.5. The summed E-state index contributed by atoms with van der Waals surface area (Å²) in [5.41, 5.74) is -0.588. The number of nitrogens with zero attached hydrogens (tertiary/aromatic N) is 3. The van der Waals surface area contributed by atoms with Crippen LogP contribution in [-0.2, 0) is 11.0 Å². The van der Waals surface area contributed by atoms with E-state index in [4.69, 9.17) is 0 Å². The van der Waals surface area contributed by atoms with Gasteiger partial charge in [-0.25, -0.2) is 4.98 Å². The van der Waals surface area contributed by atoms with Gasteiger partial charge >= 0.3 is 6.18 Å². The van der Waals surface area contributed by atoms with Crippen LogP contribution in [0.5, 0.6) is 0 Å². The topological polar surface area (TPSA) is 59.8 Å². The number of alkyl halides is 3. The van der Waals surface area contributed by atoms with Crippen molar-refractivity contribution in [3.05, 3.63) is 38.7 Å². The number of halogens is 5. The van der Waals surface area contributed by atoms with Gasteiger partial charge in [-0.2, -0.15) is 18.3 Å². The monoisotopic (exact) mass is 480 g/mol. The molecule has 1 fully saturated rings. The Bertz CT molecular complexity index is 800. The molecule has 10 heteroatoms. The maximum Gasteiger partial charge on any atom is 0.436 e. The molecule has 1 atom stereocenters. The van der Waals surface area contributed by atoms with Gasteiger partial charge in [0.05, 0.1) is 10.2 Å². The van der Waals surface area contributed by atoms with E-state index in [9.17, 15) is 18.0 Å². The minimum atomic E-state index is -4.59. The van der Waals surface area contributed by atoms with E-state index in [-0.39, 0.29) is 10.4 Å². The van der Waals surface area contributed by atoms with Gasteiger partial charge in [0.25, 0.3) is 0 Å². The zero-order chi connectivity index (χ0) is 18.4. The number of rotatable bonds is 4. The van der Waals surface area contributed by atoms with E-state index in [0.717, 1.165) is 17.3 Å². The van der Waals surface area contributed by atoms with E-state index in [1.807, 2.05) is 0 Å². The minimum Gasteiger partial charge on any atom is -0.309 e. The van der Waals surface area contributed by atoms with Crippen molar-refractivity contribution in [2.45, 2.75) is 37.9 Å². The second-order valence-electron chi connectivity index (χ2n) is 5.79. The van der Waals surface area contributed by atoms with Crippen LogP contribution in [0, 0.1) is 0 Å². The Morgan fingerprint density at radius 3 is 2.56 bits per heavy atom. The zero-order valence-electron chi connectivity index (χ0n) is 12.9. The summed E-state index contributed by atoms with van der Waals surface area (Å²) in [6.45, 7) is 1.51. The Morgan fingerprint density at radius 1 is 1.36 bits per heavy atom. The molecule has 0 bridgehead atoms. The van der Waals surface area contributed by atoms with Crippen LogP contribution in [0.3, 0.4) is 0 Å². The number of carbonyl (C=O) groups is 1. The van der Waals surface area contributed by atoms with Gasteiger partial charge in [-0.1, -0.05) is 0 Å². The van der Waals surface area contributed by atoms with Gasteiger partial charge in [0.1, 0.15) is 11.9 Å². The molecule has 1 amide bonds. The third-order valence-corrected chi connectivity index (χ3v) is 5.10. The quantitative estimate of drug-likeness (QED) is 0.675. The highest BCUT2D eigenvalue weighted by Crippen LogP contribution is 2.47. The van der Waals surface area contributed by atoms with E-state index in [1.54, 1.807) is 12.1 Å². The minimum absolute atomic E-state index is 0.0148. The van der Waals surface area contributed by atoms with Crippen molar-refractivity contribution >= 4 is 43.6 Å². The summed E-state index contributed by atoms with van der Waals surface area (Å²) in [6.07, 6.45) is -1.51. The molecule has 25 heavy (non-hydrogen) atoms. The van der Waals surface area contributed by atoms with Crippen LogP contribution in [0.15, 0.2) is 27.3 Å². The van der Waals surface area contributed by atoms with Crippen molar-refractivity contribution < 1.29 is 18.0 Å². The summed E-state index contributed by atoms with van der Waals surface area (Å²) in [5, 5.41) is 6.27. The normalized spacial score (nSPS) is 15.9. The second-order valence-corrected chi connectivity index (χ2v) is 7.50. The number of hydrogen-bond donors (Lipinski definition) is 1. The molecule has 5 nitrogen and oxygen atoms in total. The van der Waals surface area contributed by atoms with Crippen LogP contribution >= 0.6 is 31.9 Å². The number of hydrogen-bond acceptors (Lipinski definition) is 3. The standard InChI is InChI=1S/C15H13Br2F3N4O/c1-7(14(25)22-10-5-4-9(16)6-21-10)24-12(8-2-3-8)11(17)13(23-24)15(18,19)20/h4-8H,2-3H2,1H3,(H,21,22,25). The van der Waals surface area contributed by atoms with Crippen molar-refractivity contribution in [1.82, 2.24) is 14.8 Å². The van der Waals surface area contributed by atoms with Crippen molar-refractivity contribution in [3.8, 4) is 0 Å². The molecule has 1 unspecified atom stereocenters. The number of anilines is 1. The molecule has 1 N–H and O–H groups in total. The largest absolute Gasteiger partial charge is 0.436 e. The Labute approximate surface area is 158 Å². The van der Waals surface area contributed by atoms with Crippen LogP contribution in [0.2, 0.25) is 0 Å². The summed E-state index contributed by atoms with van der Waals surface area (Å²) < 4.78 is 41.3. The third-order valence-electron chi connectivity index (χ3n) is 3.84. The highest BCUT2D eigenvalue weighted by molar-refractivity contribution is 9.10. The van der Waals surface area contributed by atoms with Gasteiger partial charge in [-0.3, -0.25) is 9.48 Å². The van der Waals surface area contributed by atoms with Gasteiger partial charge in [0, 0.05) is 16.6 Å². The zero-order valence-corrected chi connectivity index (χ0v) is 16.1. The SMILES string of the molecule is CC(C(=O)Nc1ccc(Br)cn1)n1nc(C(F)(F)F)c(Br)c1C1CC1. The lowest BCUT2D eigenvalue weighted by Gasteiger charge is -2.15. The van der Waals surface area contributed by atoms with Crippen molar-refractivity contribution in [3.63, 3.8) is 0 Å². The van der Waals surface area contributed by atoms with Gasteiger partial charge < -0.3 is 5.32 Å². The first-order valence-electron chi connectivity index (χ1n) is 7.46. The number of nitrogens with one attached hydrogen (secondary N) is 1. The smallest absolute Gasteiger partial charge is 0.309 e. The molecule has 0 aliphatic heterocycles. The predicted octanol–water partition coefficient (Wildman–Crippen LogP) is 4.90. The van der Waals surface area contributed by atoms with Gasteiger partial charge in [0.15, 0.2) is 5.69 Å². The second kappa shape index (κ2) is 6.71. The molecule has 2 aromatic rings.